The van der Waals surface area contributed by atoms with Gasteiger partial charge in [0.2, 0.25) is 0 Å². The smallest absolute Gasteiger partial charge is 0.268 e. The quantitative estimate of drug-likeness (QED) is 0.424. The molecule has 2 fully saturated rings. The maximum absolute atomic E-state index is 13.8. The second kappa shape index (κ2) is 11.4. The van der Waals surface area contributed by atoms with Crippen molar-refractivity contribution in [2.45, 2.75) is 44.7 Å². The number of nitrogens with zero attached hydrogens (tertiary/aromatic N) is 3. The molecule has 0 radical (unpaired) electrons. The van der Waals surface area contributed by atoms with E-state index in [9.17, 15) is 24.2 Å². The Kier molecular flexibility index (Phi) is 7.97. The van der Waals surface area contributed by atoms with Crippen LogP contribution in [0.3, 0.4) is 0 Å². The number of aromatic nitrogens is 2. The van der Waals surface area contributed by atoms with E-state index in [0.29, 0.717) is 49.6 Å². The van der Waals surface area contributed by atoms with E-state index < -0.39 is 22.8 Å². The second-order valence-corrected chi connectivity index (χ2v) is 10.8. The van der Waals surface area contributed by atoms with E-state index in [-0.39, 0.29) is 35.6 Å². The van der Waals surface area contributed by atoms with Crippen molar-refractivity contribution in [2.75, 3.05) is 39.5 Å². The lowest BCUT2D eigenvalue weighted by molar-refractivity contribution is 0.0364. The summed E-state index contributed by atoms with van der Waals surface area (Å²) in [5.74, 6) is -1.05. The van der Waals surface area contributed by atoms with Gasteiger partial charge in [0, 0.05) is 37.9 Å². The van der Waals surface area contributed by atoms with Crippen LogP contribution in [0.1, 0.15) is 43.0 Å². The van der Waals surface area contributed by atoms with Crippen molar-refractivity contribution in [3.63, 3.8) is 0 Å². The van der Waals surface area contributed by atoms with E-state index in [1.54, 1.807) is 24.4 Å². The molecule has 1 aliphatic heterocycles. The molecule has 1 saturated carbocycles. The normalized spacial score (nSPS) is 22.2. The molecule has 5 rings (SSSR count). The van der Waals surface area contributed by atoms with Crippen molar-refractivity contribution in [3.8, 4) is 16.9 Å². The fourth-order valence-corrected chi connectivity index (χ4v) is 5.53. The molecule has 0 atom stereocenters. The van der Waals surface area contributed by atoms with Gasteiger partial charge in [0.05, 0.1) is 30.7 Å². The van der Waals surface area contributed by atoms with Crippen molar-refractivity contribution in [1.82, 2.24) is 19.8 Å². The molecule has 10 heteroatoms. The van der Waals surface area contributed by atoms with Gasteiger partial charge in [0.1, 0.15) is 22.8 Å². The monoisotopic (exact) mass is 538 g/mol. The minimum Gasteiger partial charge on any atom is -0.506 e. The highest BCUT2D eigenvalue weighted by Crippen LogP contribution is 2.34. The van der Waals surface area contributed by atoms with Crippen LogP contribution in [0.5, 0.6) is 5.75 Å². The predicted octanol–water partition coefficient (Wildman–Crippen LogP) is 2.91. The highest BCUT2D eigenvalue weighted by Gasteiger charge is 2.37. The van der Waals surface area contributed by atoms with Crippen LogP contribution in [0.25, 0.3) is 22.2 Å². The molecule has 0 bridgehead atoms. The number of aliphatic hydroxyl groups excluding tert-OH is 1. The Bertz CT molecular complexity index is 1390. The molecule has 1 saturated heterocycles. The third-order valence-corrected chi connectivity index (χ3v) is 8.13. The molecule has 39 heavy (non-hydrogen) atoms. The second-order valence-electron chi connectivity index (χ2n) is 10.8. The van der Waals surface area contributed by atoms with Crippen molar-refractivity contribution in [3.05, 3.63) is 58.3 Å². The number of benzene rings is 1. The average molecular weight is 539 g/mol. The summed E-state index contributed by atoms with van der Waals surface area (Å²) < 4.78 is 20.4. The summed E-state index contributed by atoms with van der Waals surface area (Å²) >= 11 is 0. The molecule has 0 unspecified atom stereocenters. The zero-order valence-electron chi connectivity index (χ0n) is 22.2. The number of amides is 1. The highest BCUT2D eigenvalue weighted by molar-refractivity contribution is 6.02. The van der Waals surface area contributed by atoms with Gasteiger partial charge in [0.25, 0.3) is 11.5 Å². The van der Waals surface area contributed by atoms with Crippen molar-refractivity contribution < 1.29 is 24.1 Å². The Balaban J connectivity index is 1.57. The number of hydrogen-bond donors (Lipinski definition) is 3. The number of morpholine rings is 1. The van der Waals surface area contributed by atoms with E-state index in [1.807, 2.05) is 0 Å². The number of ether oxygens (including phenoxy) is 1. The number of aromatic hydroxyl groups is 1. The maximum atomic E-state index is 13.8. The zero-order valence-corrected chi connectivity index (χ0v) is 22.2. The van der Waals surface area contributed by atoms with Crippen LogP contribution in [-0.4, -0.2) is 75.6 Å². The van der Waals surface area contributed by atoms with Crippen LogP contribution >= 0.6 is 0 Å². The molecule has 0 spiro atoms. The minimum absolute atomic E-state index is 0.249. The SMILES string of the molecule is CC1CCC(CO)(NC(=O)c2c(O)c3cc(-c4ccc(F)cc4)cnc3n(CCN3CCOCC3)c2=O)CC1. The molecule has 2 aromatic heterocycles. The molecule has 3 N–H and O–H groups in total. The zero-order chi connectivity index (χ0) is 27.6. The Morgan fingerprint density at radius 2 is 1.85 bits per heavy atom. The van der Waals surface area contributed by atoms with E-state index in [4.69, 9.17) is 4.74 Å². The van der Waals surface area contributed by atoms with Gasteiger partial charge in [-0.3, -0.25) is 19.1 Å². The summed E-state index contributed by atoms with van der Waals surface area (Å²) in [5, 5.41) is 24.7. The summed E-state index contributed by atoms with van der Waals surface area (Å²) in [6.45, 7) is 5.39. The van der Waals surface area contributed by atoms with Gasteiger partial charge >= 0.3 is 0 Å². The Morgan fingerprint density at radius 1 is 1.15 bits per heavy atom. The molecular formula is C29H35FN4O5. The van der Waals surface area contributed by atoms with Crippen LogP contribution in [-0.2, 0) is 11.3 Å². The van der Waals surface area contributed by atoms with Crippen molar-refractivity contribution in [2.24, 2.45) is 5.92 Å². The van der Waals surface area contributed by atoms with Gasteiger partial charge in [-0.25, -0.2) is 9.37 Å². The first-order valence-corrected chi connectivity index (χ1v) is 13.6. The summed E-state index contributed by atoms with van der Waals surface area (Å²) in [5.41, 5.74) is -0.298. The molecule has 1 aliphatic carbocycles. The van der Waals surface area contributed by atoms with Gasteiger partial charge in [-0.1, -0.05) is 19.1 Å². The van der Waals surface area contributed by atoms with Gasteiger partial charge in [-0.15, -0.1) is 0 Å². The molecule has 9 nitrogen and oxygen atoms in total. The number of halogens is 1. The first-order valence-electron chi connectivity index (χ1n) is 13.6. The predicted molar refractivity (Wildman–Crippen MR) is 145 cm³/mol. The third-order valence-electron chi connectivity index (χ3n) is 8.13. The Hall–Kier alpha value is -3.34. The highest BCUT2D eigenvalue weighted by atomic mass is 19.1. The van der Waals surface area contributed by atoms with Crippen LogP contribution in [0, 0.1) is 11.7 Å². The Morgan fingerprint density at radius 3 is 2.51 bits per heavy atom. The fourth-order valence-electron chi connectivity index (χ4n) is 5.53. The lowest BCUT2D eigenvalue weighted by Gasteiger charge is -2.38. The first kappa shape index (κ1) is 27.2. The van der Waals surface area contributed by atoms with Crippen LogP contribution in [0.4, 0.5) is 4.39 Å². The lowest BCUT2D eigenvalue weighted by Crippen LogP contribution is -2.54. The van der Waals surface area contributed by atoms with Crippen molar-refractivity contribution in [1.29, 1.82) is 0 Å². The molecule has 3 heterocycles. The van der Waals surface area contributed by atoms with E-state index in [0.717, 1.165) is 25.9 Å². The standard InChI is InChI=1S/C29H35FN4O5/c1-19-6-8-29(18-35,9-7-19)32-27(37)24-25(36)23-16-21(20-2-4-22(30)5-3-20)17-31-26(23)34(28(24)38)11-10-33-12-14-39-15-13-33/h2-5,16-17,19,35-36H,6-15,18H2,1H3,(H,32,37). The number of hydrogen-bond acceptors (Lipinski definition) is 7. The summed E-state index contributed by atoms with van der Waals surface area (Å²) in [6, 6.07) is 7.54. The number of rotatable bonds is 7. The number of aliphatic hydroxyl groups is 1. The summed E-state index contributed by atoms with van der Waals surface area (Å²) in [4.78, 5) is 34.0. The number of fused-ring (bicyclic) bond motifs is 1. The number of nitrogens with one attached hydrogen (secondary N) is 1. The van der Waals surface area contributed by atoms with Gasteiger partial charge in [0.15, 0.2) is 0 Å². The van der Waals surface area contributed by atoms with Gasteiger partial charge < -0.3 is 20.3 Å². The van der Waals surface area contributed by atoms with Gasteiger partial charge in [-0.2, -0.15) is 0 Å². The molecule has 1 aromatic carbocycles. The summed E-state index contributed by atoms with van der Waals surface area (Å²) in [7, 11) is 0. The fraction of sp³-hybridized carbons (Fsp3) is 0.483. The number of pyridine rings is 2. The molecular weight excluding hydrogens is 503 g/mol. The maximum Gasteiger partial charge on any atom is 0.268 e. The molecule has 208 valence electrons. The number of carbonyl (C=O) groups excluding carboxylic acids is 1. The third kappa shape index (κ3) is 5.68. The van der Waals surface area contributed by atoms with Crippen LogP contribution in [0.2, 0.25) is 0 Å². The topological polar surface area (TPSA) is 117 Å². The lowest BCUT2D eigenvalue weighted by atomic mass is 9.77. The van der Waals surface area contributed by atoms with E-state index in [1.165, 1.54) is 16.7 Å². The molecule has 2 aliphatic rings. The minimum atomic E-state index is -0.843. The van der Waals surface area contributed by atoms with Crippen molar-refractivity contribution >= 4 is 16.9 Å². The number of carbonyl (C=O) groups is 1. The van der Waals surface area contributed by atoms with E-state index >= 15 is 0 Å². The van der Waals surface area contributed by atoms with Gasteiger partial charge in [-0.05, 0) is 55.4 Å². The van der Waals surface area contributed by atoms with Crippen LogP contribution in [0.15, 0.2) is 41.3 Å². The van der Waals surface area contributed by atoms with E-state index in [2.05, 4.69) is 22.1 Å². The molecule has 1 amide bonds. The average Bonchev–Trinajstić information content (AvgIpc) is 2.95. The molecule has 3 aromatic rings. The van der Waals surface area contributed by atoms with Crippen LogP contribution < -0.4 is 10.9 Å². The summed E-state index contributed by atoms with van der Waals surface area (Å²) in [6.07, 6.45) is 4.44. The first-order chi connectivity index (χ1) is 18.8. The Labute approximate surface area is 226 Å². The largest absolute Gasteiger partial charge is 0.506 e.